The number of nitrogens with zero attached hydrogens (tertiary/aromatic N) is 1. The summed E-state index contributed by atoms with van der Waals surface area (Å²) in [5.41, 5.74) is 5.28. The van der Waals surface area contributed by atoms with Gasteiger partial charge in [-0.05, 0) is 83.3 Å². The lowest BCUT2D eigenvalue weighted by molar-refractivity contribution is -0.116. The number of rotatable bonds is 12. The first kappa shape index (κ1) is 36.6. The van der Waals surface area contributed by atoms with Gasteiger partial charge in [-0.1, -0.05) is 57.2 Å². The van der Waals surface area contributed by atoms with Crippen molar-refractivity contribution >= 4 is 47.6 Å². The number of amides is 2. The minimum Gasteiger partial charge on any atom is -0.496 e. The normalized spacial score (nSPS) is 22.8. The molecule has 50 heavy (non-hydrogen) atoms. The second-order valence-electron chi connectivity index (χ2n) is 15.3. The first-order valence-corrected chi connectivity index (χ1v) is 21.3. The van der Waals surface area contributed by atoms with Crippen LogP contribution in [0.5, 0.6) is 5.75 Å². The number of anilines is 2. The van der Waals surface area contributed by atoms with Gasteiger partial charge in [0, 0.05) is 53.0 Å². The van der Waals surface area contributed by atoms with Gasteiger partial charge in [-0.2, -0.15) is 0 Å². The van der Waals surface area contributed by atoms with E-state index in [1.54, 1.807) is 7.11 Å². The van der Waals surface area contributed by atoms with Crippen molar-refractivity contribution in [1.29, 1.82) is 0 Å². The summed E-state index contributed by atoms with van der Waals surface area (Å²) in [7, 11) is 1.84. The fraction of sp³-hybridized carbons (Fsp3) is 0.487. The van der Waals surface area contributed by atoms with Gasteiger partial charge in [0.05, 0.1) is 25.1 Å². The second kappa shape index (κ2) is 14.8. The van der Waals surface area contributed by atoms with Crippen LogP contribution in [0.4, 0.5) is 16.2 Å². The molecule has 0 aliphatic carbocycles. The molecule has 2 N–H and O–H groups in total. The number of ether oxygens (including phenoxy) is 3. The molecule has 0 spiro atoms. The monoisotopic (exact) mass is 763 g/mol. The van der Waals surface area contributed by atoms with Crippen molar-refractivity contribution in [2.24, 2.45) is 0 Å². The number of epoxide rings is 1. The largest absolute Gasteiger partial charge is 0.496 e. The summed E-state index contributed by atoms with van der Waals surface area (Å²) in [6.07, 6.45) is 3.33. The van der Waals surface area contributed by atoms with Crippen LogP contribution in [0.1, 0.15) is 57.6 Å². The van der Waals surface area contributed by atoms with Gasteiger partial charge in [0.1, 0.15) is 24.1 Å². The third kappa shape index (κ3) is 8.12. The summed E-state index contributed by atoms with van der Waals surface area (Å²) in [6.45, 7) is 11.6. The first-order valence-electron chi connectivity index (χ1n) is 17.6. The van der Waals surface area contributed by atoms with E-state index in [9.17, 15) is 9.59 Å². The molecule has 0 radical (unpaired) electrons. The number of fused-ring (bicyclic) bond motifs is 5. The summed E-state index contributed by atoms with van der Waals surface area (Å²) >= 11 is 3.64. The molecule has 3 saturated heterocycles. The molecule has 3 aliphatic rings. The maximum Gasteiger partial charge on any atom is 0.411 e. The maximum atomic E-state index is 13.1. The van der Waals surface area contributed by atoms with Crippen LogP contribution in [0.3, 0.4) is 0 Å². The summed E-state index contributed by atoms with van der Waals surface area (Å²) in [5.74, 6) is 0.603. The molecule has 9 nitrogen and oxygen atoms in total. The number of carbonyl (C=O) groups excluding carboxylic acids is 2. The Morgan fingerprint density at radius 2 is 1.68 bits per heavy atom. The summed E-state index contributed by atoms with van der Waals surface area (Å²) in [4.78, 5) is 28.5. The van der Waals surface area contributed by atoms with Crippen LogP contribution >= 0.6 is 15.9 Å². The van der Waals surface area contributed by atoms with Gasteiger partial charge in [0.15, 0.2) is 8.32 Å². The van der Waals surface area contributed by atoms with Gasteiger partial charge in [0.2, 0.25) is 5.91 Å². The number of benzene rings is 3. The Hall–Kier alpha value is -3.22. The van der Waals surface area contributed by atoms with Crippen LogP contribution in [-0.2, 0) is 31.7 Å². The number of likely N-dealkylation sites (N-methyl/N-ethyl adjacent to an activating group) is 1. The third-order valence-electron chi connectivity index (χ3n) is 11.0. The van der Waals surface area contributed by atoms with Crippen molar-refractivity contribution in [1.82, 2.24) is 4.90 Å². The molecule has 0 aromatic heterocycles. The van der Waals surface area contributed by atoms with Gasteiger partial charge in [-0.15, -0.1) is 0 Å². The third-order valence-corrected chi connectivity index (χ3v) is 16.1. The van der Waals surface area contributed by atoms with Crippen molar-refractivity contribution in [2.75, 3.05) is 24.8 Å². The molecule has 0 saturated carbocycles. The molecular weight excluding hydrogens is 714 g/mol. The summed E-state index contributed by atoms with van der Waals surface area (Å²) < 4.78 is 24.6. The number of piperidine rings is 1. The molecule has 11 heteroatoms. The molecule has 6 rings (SSSR count). The number of aryl methyl sites for hydroxylation is 1. The van der Waals surface area contributed by atoms with Crippen LogP contribution in [0.25, 0.3) is 11.1 Å². The molecule has 4 atom stereocenters. The van der Waals surface area contributed by atoms with Crippen LogP contribution < -0.4 is 15.4 Å². The summed E-state index contributed by atoms with van der Waals surface area (Å²) in [5, 5.41) is 6.16. The molecule has 4 unspecified atom stereocenters. The smallest absolute Gasteiger partial charge is 0.411 e. The lowest BCUT2D eigenvalue weighted by Crippen LogP contribution is -2.48. The van der Waals surface area contributed by atoms with Crippen LogP contribution in [0.15, 0.2) is 65.1 Å². The molecule has 3 aromatic carbocycles. The number of halogens is 1. The van der Waals surface area contributed by atoms with Gasteiger partial charge in [-0.25, -0.2) is 4.79 Å². The number of methoxy groups -OCH3 is 1. The van der Waals surface area contributed by atoms with Crippen molar-refractivity contribution in [3.05, 3.63) is 76.3 Å². The lowest BCUT2D eigenvalue weighted by atomic mass is 9.98. The van der Waals surface area contributed by atoms with E-state index in [1.165, 1.54) is 0 Å². The molecular formula is C39H50BrN3O6Si. The molecule has 3 aromatic rings. The number of morpholine rings is 1. The minimum atomic E-state index is -1.94. The van der Waals surface area contributed by atoms with Crippen LogP contribution in [-0.4, -0.2) is 69.8 Å². The number of carbonyl (C=O) groups is 2. The van der Waals surface area contributed by atoms with E-state index >= 15 is 0 Å². The number of nitrogens with one attached hydrogen (secondary N) is 2. The van der Waals surface area contributed by atoms with E-state index in [2.05, 4.69) is 78.4 Å². The zero-order chi connectivity index (χ0) is 35.8. The van der Waals surface area contributed by atoms with E-state index in [4.69, 9.17) is 18.6 Å². The Morgan fingerprint density at radius 1 is 0.980 bits per heavy atom. The van der Waals surface area contributed by atoms with E-state index < -0.39 is 14.4 Å². The van der Waals surface area contributed by atoms with E-state index in [-0.39, 0.29) is 17.0 Å². The van der Waals surface area contributed by atoms with Crippen LogP contribution in [0.2, 0.25) is 18.1 Å². The average molecular weight is 765 g/mol. The quantitative estimate of drug-likeness (QED) is 0.141. The fourth-order valence-corrected chi connectivity index (χ4v) is 8.37. The average Bonchev–Trinajstić information content (AvgIpc) is 3.84. The molecule has 3 aliphatic heterocycles. The first-order chi connectivity index (χ1) is 23.7. The molecule has 2 amide bonds. The Labute approximate surface area is 305 Å². The van der Waals surface area contributed by atoms with Gasteiger partial charge < -0.3 is 24.0 Å². The van der Waals surface area contributed by atoms with Gasteiger partial charge >= 0.3 is 6.09 Å². The Kier molecular flexibility index (Phi) is 10.8. The SMILES string of the molecule is COc1cc(NC(=O)CCCc2ccc(NC(=O)OC3CC4C5OC5C(C3)N4C)c(-c3ccccc3)c2)c(Br)cc1CO[Si](C)(C)C(C)(C)C. The van der Waals surface area contributed by atoms with Crippen molar-refractivity contribution in [3.63, 3.8) is 0 Å². The highest BCUT2D eigenvalue weighted by molar-refractivity contribution is 9.10. The van der Waals surface area contributed by atoms with E-state index in [0.29, 0.717) is 67.3 Å². The zero-order valence-corrected chi connectivity index (χ0v) is 32.8. The van der Waals surface area contributed by atoms with Crippen molar-refractivity contribution in [3.8, 4) is 16.9 Å². The molecule has 3 heterocycles. The Morgan fingerprint density at radius 3 is 2.34 bits per heavy atom. The highest BCUT2D eigenvalue weighted by atomic mass is 79.9. The van der Waals surface area contributed by atoms with Crippen molar-refractivity contribution < 1.29 is 28.2 Å². The topological polar surface area (TPSA) is 102 Å². The molecule has 2 bridgehead atoms. The highest BCUT2D eigenvalue weighted by Gasteiger charge is 2.62. The second-order valence-corrected chi connectivity index (χ2v) is 21.0. The van der Waals surface area contributed by atoms with E-state index in [1.807, 2.05) is 54.6 Å². The predicted octanol–water partition coefficient (Wildman–Crippen LogP) is 8.77. The lowest BCUT2D eigenvalue weighted by Gasteiger charge is -2.37. The molecule has 268 valence electrons. The van der Waals surface area contributed by atoms with Crippen LogP contribution in [0, 0.1) is 0 Å². The van der Waals surface area contributed by atoms with Gasteiger partial charge in [-0.3, -0.25) is 15.0 Å². The maximum absolute atomic E-state index is 13.1. The van der Waals surface area contributed by atoms with Gasteiger partial charge in [0.25, 0.3) is 0 Å². The Balaban J connectivity index is 1.05. The number of hydrogen-bond acceptors (Lipinski definition) is 7. The minimum absolute atomic E-state index is 0.0754. The molecule has 3 fully saturated rings. The Bertz CT molecular complexity index is 1700. The van der Waals surface area contributed by atoms with Crippen molar-refractivity contribution in [2.45, 2.75) is 108 Å². The van der Waals surface area contributed by atoms with E-state index in [0.717, 1.165) is 39.6 Å². The fourth-order valence-electron chi connectivity index (χ4n) is 6.93. The standard InChI is InChI=1S/C39H50BrN3O6Si/c1-39(2,3)50(6,7)47-23-26-19-29(40)31(22-34(26)46-5)41-35(44)15-11-12-24-16-17-30(28(18-24)25-13-9-8-10-14-25)42-38(45)48-27-20-32-36-37(49-36)33(21-27)43(32)4/h8-10,13-14,16-19,22,27,32-33,36-37H,11-12,15,20-21,23H2,1-7H3,(H,41,44)(H,42,45). The number of hydrogen-bond donors (Lipinski definition) is 2. The predicted molar refractivity (Wildman–Crippen MR) is 203 cm³/mol. The summed E-state index contributed by atoms with van der Waals surface area (Å²) in [6, 6.07) is 20.5. The zero-order valence-electron chi connectivity index (χ0n) is 30.2. The highest BCUT2D eigenvalue weighted by Crippen LogP contribution is 2.48.